The summed E-state index contributed by atoms with van der Waals surface area (Å²) < 4.78 is 6.14. The minimum absolute atomic E-state index is 0.0748. The largest absolute Gasteiger partial charge is 0.508 e. The maximum atomic E-state index is 9.84. The van der Waals surface area contributed by atoms with E-state index in [1.165, 1.54) is 0 Å². The van der Waals surface area contributed by atoms with Gasteiger partial charge >= 0.3 is 0 Å². The maximum absolute atomic E-state index is 9.84. The molecule has 1 aliphatic heterocycles. The van der Waals surface area contributed by atoms with E-state index in [2.05, 4.69) is 53.7 Å². The number of aromatic hydroxyl groups is 1. The molecule has 0 bridgehead atoms. The second-order valence-corrected chi connectivity index (χ2v) is 6.31. The van der Waals surface area contributed by atoms with Crippen LogP contribution in [-0.2, 0) is 11.5 Å². The van der Waals surface area contributed by atoms with Gasteiger partial charge in [-0.25, -0.2) is 4.89 Å². The van der Waals surface area contributed by atoms with Crippen molar-refractivity contribution in [2.45, 2.75) is 27.4 Å². The molecule has 0 saturated heterocycles. The quantitative estimate of drug-likeness (QED) is 0.555. The van der Waals surface area contributed by atoms with E-state index in [4.69, 9.17) is 9.99 Å². The van der Waals surface area contributed by atoms with Gasteiger partial charge in [-0.15, -0.1) is 0 Å². The molecule has 0 spiro atoms. The third kappa shape index (κ3) is 3.86. The molecule has 2 aromatic rings. The molecule has 0 radical (unpaired) electrons. The van der Waals surface area contributed by atoms with Crippen LogP contribution in [0.15, 0.2) is 42.3 Å². The number of anilines is 2. The van der Waals surface area contributed by atoms with Crippen LogP contribution in [-0.4, -0.2) is 30.0 Å². The van der Waals surface area contributed by atoms with Crippen molar-refractivity contribution in [1.82, 2.24) is 0 Å². The van der Waals surface area contributed by atoms with Crippen molar-refractivity contribution < 1.29 is 20.0 Å². The molecule has 0 aromatic heterocycles. The lowest BCUT2D eigenvalue weighted by atomic mass is 10.1. The van der Waals surface area contributed by atoms with Gasteiger partial charge in [0.2, 0.25) is 5.88 Å². The van der Waals surface area contributed by atoms with Crippen molar-refractivity contribution in [1.29, 1.82) is 0 Å². The van der Waals surface area contributed by atoms with Gasteiger partial charge in [-0.05, 0) is 50.6 Å². The maximum Gasteiger partial charge on any atom is 0.201 e. The van der Waals surface area contributed by atoms with E-state index in [1.807, 2.05) is 6.08 Å². The Labute approximate surface area is 159 Å². The molecule has 3 rings (SSSR count). The number of benzene rings is 2. The second-order valence-electron chi connectivity index (χ2n) is 6.31. The fourth-order valence-electron chi connectivity index (χ4n) is 3.34. The fourth-order valence-corrected chi connectivity index (χ4v) is 3.34. The lowest BCUT2D eigenvalue weighted by molar-refractivity contribution is -0.253. The molecule has 144 valence electrons. The SMILES string of the molecule is CCN(CC)c1ccc2c(c1)O/C(=C\c1ccc(O)c(COO)c1)N2CC. The minimum atomic E-state index is -0.0748. The highest BCUT2D eigenvalue weighted by Gasteiger charge is 2.26. The number of rotatable bonds is 7. The van der Waals surface area contributed by atoms with Gasteiger partial charge < -0.3 is 19.6 Å². The van der Waals surface area contributed by atoms with Crippen molar-refractivity contribution in [3.8, 4) is 11.5 Å². The molecule has 27 heavy (non-hydrogen) atoms. The lowest BCUT2D eigenvalue weighted by Gasteiger charge is -2.21. The molecule has 0 amide bonds. The average molecular weight is 370 g/mol. The molecule has 2 aromatic carbocycles. The van der Waals surface area contributed by atoms with Crippen LogP contribution >= 0.6 is 0 Å². The highest BCUT2D eigenvalue weighted by Crippen LogP contribution is 2.41. The molecule has 0 atom stereocenters. The number of ether oxygens (including phenoxy) is 1. The van der Waals surface area contributed by atoms with E-state index in [0.29, 0.717) is 5.56 Å². The molecule has 0 aliphatic carbocycles. The Morgan fingerprint density at radius 3 is 2.56 bits per heavy atom. The van der Waals surface area contributed by atoms with Crippen LogP contribution in [0, 0.1) is 0 Å². The smallest absolute Gasteiger partial charge is 0.201 e. The van der Waals surface area contributed by atoms with Gasteiger partial charge in [-0.2, -0.15) is 0 Å². The average Bonchev–Trinajstić information content (AvgIpc) is 3.02. The molecule has 2 N–H and O–H groups in total. The first-order valence-electron chi connectivity index (χ1n) is 9.25. The van der Waals surface area contributed by atoms with Crippen LogP contribution in [0.2, 0.25) is 0 Å². The molecule has 1 aliphatic rings. The molecular formula is C21H26N2O4. The van der Waals surface area contributed by atoms with Gasteiger partial charge in [0.15, 0.2) is 5.75 Å². The normalized spacial score (nSPS) is 14.4. The van der Waals surface area contributed by atoms with E-state index in [-0.39, 0.29) is 12.4 Å². The Balaban J connectivity index is 1.93. The molecule has 6 heteroatoms. The second kappa shape index (κ2) is 8.33. The molecule has 1 heterocycles. The molecule has 0 fully saturated rings. The Morgan fingerprint density at radius 1 is 1.11 bits per heavy atom. The van der Waals surface area contributed by atoms with Crippen LogP contribution in [0.3, 0.4) is 0 Å². The summed E-state index contributed by atoms with van der Waals surface area (Å²) in [6, 6.07) is 11.4. The number of phenols is 1. The summed E-state index contributed by atoms with van der Waals surface area (Å²) in [5.74, 6) is 1.65. The number of hydrogen-bond donors (Lipinski definition) is 2. The highest BCUT2D eigenvalue weighted by atomic mass is 17.1. The zero-order chi connectivity index (χ0) is 19.4. The van der Waals surface area contributed by atoms with Crippen molar-refractivity contribution in [2.75, 3.05) is 29.4 Å². The first-order valence-corrected chi connectivity index (χ1v) is 9.25. The van der Waals surface area contributed by atoms with Gasteiger partial charge in [0.1, 0.15) is 12.4 Å². The summed E-state index contributed by atoms with van der Waals surface area (Å²) in [6.45, 7) is 8.94. The molecule has 6 nitrogen and oxygen atoms in total. The number of nitrogens with zero attached hydrogens (tertiary/aromatic N) is 2. The predicted octanol–water partition coefficient (Wildman–Crippen LogP) is 4.45. The van der Waals surface area contributed by atoms with E-state index in [0.717, 1.165) is 48.2 Å². The van der Waals surface area contributed by atoms with Crippen LogP contribution < -0.4 is 14.5 Å². The summed E-state index contributed by atoms with van der Waals surface area (Å²) in [4.78, 5) is 8.54. The van der Waals surface area contributed by atoms with E-state index >= 15 is 0 Å². The first kappa shape index (κ1) is 19.1. The number of phenolic OH excluding ortho intramolecular Hbond substituents is 1. The van der Waals surface area contributed by atoms with Gasteiger partial charge in [0.05, 0.1) is 5.69 Å². The van der Waals surface area contributed by atoms with Crippen molar-refractivity contribution in [2.24, 2.45) is 0 Å². The van der Waals surface area contributed by atoms with Gasteiger partial charge in [0.25, 0.3) is 0 Å². The summed E-state index contributed by atoms with van der Waals surface area (Å²) in [7, 11) is 0. The van der Waals surface area contributed by atoms with Crippen molar-refractivity contribution >= 4 is 17.5 Å². The van der Waals surface area contributed by atoms with E-state index < -0.39 is 0 Å². The van der Waals surface area contributed by atoms with Crippen molar-refractivity contribution in [3.05, 3.63) is 53.4 Å². The summed E-state index contributed by atoms with van der Waals surface area (Å²) in [5, 5.41) is 18.5. The predicted molar refractivity (Wildman–Crippen MR) is 107 cm³/mol. The summed E-state index contributed by atoms with van der Waals surface area (Å²) >= 11 is 0. The van der Waals surface area contributed by atoms with Gasteiger partial charge in [0, 0.05) is 43.0 Å². The van der Waals surface area contributed by atoms with E-state index in [9.17, 15) is 5.11 Å². The highest BCUT2D eigenvalue weighted by molar-refractivity contribution is 5.74. The van der Waals surface area contributed by atoms with Crippen LogP contribution in [0.1, 0.15) is 31.9 Å². The molecule has 0 saturated carbocycles. The van der Waals surface area contributed by atoms with Gasteiger partial charge in [-0.1, -0.05) is 6.07 Å². The van der Waals surface area contributed by atoms with Crippen LogP contribution in [0.25, 0.3) is 6.08 Å². The third-order valence-electron chi connectivity index (χ3n) is 4.77. The van der Waals surface area contributed by atoms with Gasteiger partial charge in [-0.3, -0.25) is 5.26 Å². The molecule has 0 unspecified atom stereocenters. The number of hydrogen-bond acceptors (Lipinski definition) is 6. The zero-order valence-electron chi connectivity index (χ0n) is 16.0. The molecular weight excluding hydrogens is 344 g/mol. The monoisotopic (exact) mass is 370 g/mol. The Kier molecular flexibility index (Phi) is 5.88. The zero-order valence-corrected chi connectivity index (χ0v) is 16.0. The minimum Gasteiger partial charge on any atom is -0.508 e. The Hall–Kier alpha value is -2.70. The standard InChI is InChI=1S/C21H26N2O4/c1-4-22(5-2)17-8-9-18-20(13-17)27-21(23(18)6-3)12-15-7-10-19(24)16(11-15)14-26-25/h7-13,24-25H,4-6,14H2,1-3H3/b21-12-. The van der Waals surface area contributed by atoms with Crippen molar-refractivity contribution in [3.63, 3.8) is 0 Å². The topological polar surface area (TPSA) is 65.4 Å². The lowest BCUT2D eigenvalue weighted by Crippen LogP contribution is -2.21. The Morgan fingerprint density at radius 2 is 1.89 bits per heavy atom. The third-order valence-corrected chi connectivity index (χ3v) is 4.77. The summed E-state index contributed by atoms with van der Waals surface area (Å²) in [5.41, 5.74) is 3.54. The fraction of sp³-hybridized carbons (Fsp3) is 0.333. The van der Waals surface area contributed by atoms with Crippen LogP contribution in [0.4, 0.5) is 11.4 Å². The first-order chi connectivity index (χ1) is 13.1. The summed E-state index contributed by atoms with van der Waals surface area (Å²) in [6.07, 6.45) is 1.92. The Bertz CT molecular complexity index is 831. The number of fused-ring (bicyclic) bond motifs is 1. The van der Waals surface area contributed by atoms with E-state index in [1.54, 1.807) is 18.2 Å². The van der Waals surface area contributed by atoms with Crippen LogP contribution in [0.5, 0.6) is 11.5 Å².